The molecule has 25 heavy (non-hydrogen) atoms. The van der Waals surface area contributed by atoms with Crippen LogP contribution in [0.25, 0.3) is 5.69 Å². The predicted molar refractivity (Wildman–Crippen MR) is 95.1 cm³/mol. The second-order valence-corrected chi connectivity index (χ2v) is 6.31. The molecule has 1 saturated heterocycles. The molecule has 1 aliphatic rings. The first-order valence-corrected chi connectivity index (χ1v) is 8.50. The maximum atomic E-state index is 12.3. The van der Waals surface area contributed by atoms with Crippen LogP contribution in [0, 0.1) is 6.92 Å². The zero-order chi connectivity index (χ0) is 17.2. The minimum Gasteiger partial charge on any atom is -0.356 e. The van der Waals surface area contributed by atoms with Gasteiger partial charge in [0.05, 0.1) is 5.69 Å². The fourth-order valence-corrected chi connectivity index (χ4v) is 3.43. The van der Waals surface area contributed by atoms with E-state index in [-0.39, 0.29) is 11.6 Å². The highest BCUT2D eigenvalue weighted by molar-refractivity contribution is 5.39. The third-order valence-corrected chi connectivity index (χ3v) is 4.58. The summed E-state index contributed by atoms with van der Waals surface area (Å²) in [5.41, 5.74) is 0.641. The predicted octanol–water partition coefficient (Wildman–Crippen LogP) is 2.04. The number of hydrogen-bond donors (Lipinski definition) is 1. The standard InChI is InChI=1S/C18H20N6O/c1-13-19-10-9-16(20-13)23-11-5-6-14(12-23)17-21-22-18(25)24(17)15-7-3-2-4-8-15/h2-4,7-10,14H,5-6,11-12H2,1H3,(H,22,25)/t14-/m1/s1. The van der Waals surface area contributed by atoms with Crippen LogP contribution in [-0.4, -0.2) is 37.8 Å². The molecular weight excluding hydrogens is 316 g/mol. The number of aryl methyl sites for hydroxylation is 1. The SMILES string of the molecule is Cc1nccc(N2CCC[C@@H](c3n[nH]c(=O)n3-c3ccccc3)C2)n1. The summed E-state index contributed by atoms with van der Waals surface area (Å²) >= 11 is 0. The molecule has 0 unspecified atom stereocenters. The zero-order valence-electron chi connectivity index (χ0n) is 14.1. The number of H-pyrrole nitrogens is 1. The van der Waals surface area contributed by atoms with E-state index in [1.165, 1.54) is 0 Å². The van der Waals surface area contributed by atoms with Crippen molar-refractivity contribution in [1.82, 2.24) is 24.7 Å². The number of nitrogens with zero attached hydrogens (tertiary/aromatic N) is 5. The third-order valence-electron chi connectivity index (χ3n) is 4.58. The monoisotopic (exact) mass is 336 g/mol. The maximum Gasteiger partial charge on any atom is 0.347 e. The fourth-order valence-electron chi connectivity index (χ4n) is 3.43. The van der Waals surface area contributed by atoms with Gasteiger partial charge in [-0.05, 0) is 38.0 Å². The van der Waals surface area contributed by atoms with Crippen molar-refractivity contribution < 1.29 is 0 Å². The molecule has 3 heterocycles. The van der Waals surface area contributed by atoms with E-state index >= 15 is 0 Å². The first-order valence-electron chi connectivity index (χ1n) is 8.50. The molecule has 1 aliphatic heterocycles. The number of hydrogen-bond acceptors (Lipinski definition) is 5. The number of aromatic amines is 1. The molecular formula is C18H20N6O. The van der Waals surface area contributed by atoms with Gasteiger partial charge in [-0.1, -0.05) is 18.2 Å². The second kappa shape index (κ2) is 6.51. The van der Waals surface area contributed by atoms with E-state index in [1.54, 1.807) is 10.8 Å². The fraction of sp³-hybridized carbons (Fsp3) is 0.333. The number of benzene rings is 1. The van der Waals surface area contributed by atoms with E-state index in [1.807, 2.05) is 43.3 Å². The van der Waals surface area contributed by atoms with Crippen molar-refractivity contribution >= 4 is 5.82 Å². The van der Waals surface area contributed by atoms with E-state index in [2.05, 4.69) is 25.1 Å². The molecule has 4 rings (SSSR count). The number of piperidine rings is 1. The van der Waals surface area contributed by atoms with Gasteiger partial charge in [-0.2, -0.15) is 5.10 Å². The Kier molecular flexibility index (Phi) is 4.05. The molecule has 0 spiro atoms. The van der Waals surface area contributed by atoms with E-state index in [0.29, 0.717) is 0 Å². The number of rotatable bonds is 3. The Morgan fingerprint density at radius 2 is 2.04 bits per heavy atom. The number of nitrogens with one attached hydrogen (secondary N) is 1. The summed E-state index contributed by atoms with van der Waals surface area (Å²) in [6.45, 7) is 3.63. The smallest absolute Gasteiger partial charge is 0.347 e. The van der Waals surface area contributed by atoms with Crippen LogP contribution >= 0.6 is 0 Å². The molecule has 1 aromatic carbocycles. The average molecular weight is 336 g/mol. The summed E-state index contributed by atoms with van der Waals surface area (Å²) in [6, 6.07) is 11.6. The number of anilines is 1. The highest BCUT2D eigenvalue weighted by Crippen LogP contribution is 2.28. The molecule has 0 aliphatic carbocycles. The van der Waals surface area contributed by atoms with Gasteiger partial charge in [-0.3, -0.25) is 0 Å². The normalized spacial score (nSPS) is 17.6. The summed E-state index contributed by atoms with van der Waals surface area (Å²) in [4.78, 5) is 23.2. The number of para-hydroxylation sites is 1. The van der Waals surface area contributed by atoms with E-state index in [0.717, 1.165) is 49.1 Å². The molecule has 7 heteroatoms. The molecule has 1 fully saturated rings. The van der Waals surface area contributed by atoms with Crippen molar-refractivity contribution in [3.63, 3.8) is 0 Å². The second-order valence-electron chi connectivity index (χ2n) is 6.31. The molecule has 2 aromatic heterocycles. The molecule has 1 atom stereocenters. The summed E-state index contributed by atoms with van der Waals surface area (Å²) in [6.07, 6.45) is 3.82. The molecule has 0 amide bonds. The van der Waals surface area contributed by atoms with Crippen molar-refractivity contribution in [2.24, 2.45) is 0 Å². The van der Waals surface area contributed by atoms with Crippen molar-refractivity contribution in [2.75, 3.05) is 18.0 Å². The van der Waals surface area contributed by atoms with Crippen LogP contribution in [0.15, 0.2) is 47.4 Å². The largest absolute Gasteiger partial charge is 0.356 e. The topological polar surface area (TPSA) is 79.7 Å². The Morgan fingerprint density at radius 3 is 2.84 bits per heavy atom. The van der Waals surface area contributed by atoms with Gasteiger partial charge in [0.1, 0.15) is 17.5 Å². The highest BCUT2D eigenvalue weighted by Gasteiger charge is 2.27. The van der Waals surface area contributed by atoms with Gasteiger partial charge in [0.15, 0.2) is 0 Å². The molecule has 0 saturated carbocycles. The highest BCUT2D eigenvalue weighted by atomic mass is 16.1. The first-order chi connectivity index (χ1) is 12.2. The Balaban J connectivity index is 1.66. The van der Waals surface area contributed by atoms with Crippen LogP contribution < -0.4 is 10.6 Å². The Labute approximate surface area is 145 Å². The quantitative estimate of drug-likeness (QED) is 0.792. The number of aromatic nitrogens is 5. The van der Waals surface area contributed by atoms with Gasteiger partial charge >= 0.3 is 5.69 Å². The summed E-state index contributed by atoms with van der Waals surface area (Å²) in [5, 5.41) is 6.94. The average Bonchev–Trinajstić information content (AvgIpc) is 3.04. The minimum absolute atomic E-state index is 0.170. The Morgan fingerprint density at radius 1 is 1.20 bits per heavy atom. The Hall–Kier alpha value is -2.96. The van der Waals surface area contributed by atoms with E-state index in [4.69, 9.17) is 0 Å². The van der Waals surface area contributed by atoms with Crippen LogP contribution in [0.2, 0.25) is 0 Å². The van der Waals surface area contributed by atoms with Crippen LogP contribution in [0.5, 0.6) is 0 Å². The summed E-state index contributed by atoms with van der Waals surface area (Å²) < 4.78 is 1.68. The lowest BCUT2D eigenvalue weighted by Crippen LogP contribution is -2.36. The third kappa shape index (κ3) is 3.05. The molecule has 1 N–H and O–H groups in total. The summed E-state index contributed by atoms with van der Waals surface area (Å²) in [5.74, 6) is 2.65. The van der Waals surface area contributed by atoms with E-state index < -0.39 is 0 Å². The van der Waals surface area contributed by atoms with Crippen LogP contribution in [0.4, 0.5) is 5.82 Å². The van der Waals surface area contributed by atoms with Gasteiger partial charge < -0.3 is 4.90 Å². The van der Waals surface area contributed by atoms with Gasteiger partial charge in [-0.25, -0.2) is 24.4 Å². The van der Waals surface area contributed by atoms with Gasteiger partial charge in [0, 0.05) is 25.2 Å². The van der Waals surface area contributed by atoms with E-state index in [9.17, 15) is 4.79 Å². The molecule has 0 radical (unpaired) electrons. The van der Waals surface area contributed by atoms with Crippen molar-refractivity contribution in [3.05, 3.63) is 64.7 Å². The van der Waals surface area contributed by atoms with Gasteiger partial charge in [0.25, 0.3) is 0 Å². The first kappa shape index (κ1) is 15.6. The lowest BCUT2D eigenvalue weighted by atomic mass is 9.97. The van der Waals surface area contributed by atoms with Crippen molar-refractivity contribution in [2.45, 2.75) is 25.7 Å². The van der Waals surface area contributed by atoms with Crippen LogP contribution in [0.3, 0.4) is 0 Å². The maximum absolute atomic E-state index is 12.3. The van der Waals surface area contributed by atoms with Crippen molar-refractivity contribution in [3.8, 4) is 5.69 Å². The molecule has 7 nitrogen and oxygen atoms in total. The summed E-state index contributed by atoms with van der Waals surface area (Å²) in [7, 11) is 0. The van der Waals surface area contributed by atoms with Gasteiger partial charge in [0.2, 0.25) is 0 Å². The van der Waals surface area contributed by atoms with Crippen LogP contribution in [0.1, 0.15) is 30.4 Å². The lowest BCUT2D eigenvalue weighted by molar-refractivity contribution is 0.482. The molecule has 3 aromatic rings. The molecule has 128 valence electrons. The Bertz CT molecular complexity index is 917. The zero-order valence-corrected chi connectivity index (χ0v) is 14.1. The lowest BCUT2D eigenvalue weighted by Gasteiger charge is -2.33. The minimum atomic E-state index is -0.198. The van der Waals surface area contributed by atoms with Crippen molar-refractivity contribution in [1.29, 1.82) is 0 Å². The van der Waals surface area contributed by atoms with Gasteiger partial charge in [-0.15, -0.1) is 0 Å². The van der Waals surface area contributed by atoms with Crippen LogP contribution in [-0.2, 0) is 0 Å². The molecule has 0 bridgehead atoms.